The Kier molecular flexibility index (Phi) is 16.2. The summed E-state index contributed by atoms with van der Waals surface area (Å²) in [5.41, 5.74) is 14.1. The van der Waals surface area contributed by atoms with Crippen molar-refractivity contribution in [3.63, 3.8) is 0 Å². The molecule has 1 heterocycles. The summed E-state index contributed by atoms with van der Waals surface area (Å²) in [5.74, 6) is 1.40. The van der Waals surface area contributed by atoms with Gasteiger partial charge in [-0.05, 0) is 59.8 Å². The maximum absolute atomic E-state index is 4.93. The third-order valence-electron chi connectivity index (χ3n) is 10.6. The second-order valence-corrected chi connectivity index (χ2v) is 20.8. The summed E-state index contributed by atoms with van der Waals surface area (Å²) < 4.78 is 0. The van der Waals surface area contributed by atoms with E-state index in [4.69, 9.17) is 17.0 Å². The smallest absolute Gasteiger partial charge is 0.0920 e. The molecule has 0 atom stereocenters. The van der Waals surface area contributed by atoms with Crippen LogP contribution in [0.5, 0.6) is 0 Å². The molecule has 0 aliphatic carbocycles. The van der Waals surface area contributed by atoms with E-state index in [9.17, 15) is 0 Å². The summed E-state index contributed by atoms with van der Waals surface area (Å²) in [5, 5.41) is 8.36. The summed E-state index contributed by atoms with van der Waals surface area (Å²) in [7, 11) is 10.7. The minimum atomic E-state index is -0.826. The average molecular weight is 892 g/mol. The first-order chi connectivity index (χ1) is 28.2. The zero-order chi connectivity index (χ0) is 41.0. The first-order valence-corrected chi connectivity index (χ1v) is 27.9. The minimum Gasteiger partial charge on any atom is -0.184 e. The van der Waals surface area contributed by atoms with Gasteiger partial charge >= 0.3 is 37.9 Å². The molecule has 0 unspecified atom stereocenters. The second-order valence-electron chi connectivity index (χ2n) is 15.8. The van der Waals surface area contributed by atoms with Gasteiger partial charge < -0.3 is 0 Å². The number of benzene rings is 6. The molecule has 0 N–H and O–H groups in total. The Hall–Kier alpha value is -3.78. The maximum Gasteiger partial charge on any atom is 0.0920 e. The van der Waals surface area contributed by atoms with Gasteiger partial charge in [-0.25, -0.2) is 0 Å². The van der Waals surface area contributed by atoms with Crippen molar-refractivity contribution in [2.24, 2.45) is 11.8 Å². The van der Waals surface area contributed by atoms with Crippen molar-refractivity contribution in [3.8, 4) is 33.4 Å². The summed E-state index contributed by atoms with van der Waals surface area (Å²) >= 11 is -0.826. The number of aryl methyl sites for hydroxylation is 2. The Morgan fingerprint density at radius 2 is 0.966 bits per heavy atom. The van der Waals surface area contributed by atoms with Crippen LogP contribution in [0.3, 0.4) is 0 Å². The Labute approximate surface area is 368 Å². The maximum atomic E-state index is 4.93. The van der Waals surface area contributed by atoms with Crippen LogP contribution in [0.2, 0.25) is 0 Å². The van der Waals surface area contributed by atoms with Crippen molar-refractivity contribution in [1.29, 1.82) is 0 Å². The van der Waals surface area contributed by atoms with Gasteiger partial charge in [0.2, 0.25) is 0 Å². The van der Waals surface area contributed by atoms with Crippen LogP contribution in [0, 0.1) is 17.9 Å². The molecule has 9 rings (SSSR count). The fourth-order valence-corrected chi connectivity index (χ4v) is 9.46. The molecule has 8 aromatic rings. The van der Waals surface area contributed by atoms with E-state index in [1.807, 2.05) is 6.07 Å². The standard InChI is InChI=1S/2C21H23.C12H7Si.2ClH.Zr/c2*1-4-17-8-5-6-10-19(17)20-11-7-9-18-13-16(12-15(2)3)14-21(18)20;1-3-7-11-9(5-1)10-6-2-4-8-12(10)13-11;;;/h2*5-11,13-15H,4,12H2,1-3H3;1-7H;2*1H;/q3*-1;;;+2/p-2. The van der Waals surface area contributed by atoms with Crippen LogP contribution in [0.1, 0.15) is 63.8 Å². The van der Waals surface area contributed by atoms with Crippen molar-refractivity contribution in [2.75, 3.05) is 0 Å². The quantitative estimate of drug-likeness (QED) is 0.105. The molecule has 0 spiro atoms. The summed E-state index contributed by atoms with van der Waals surface area (Å²) in [6.07, 6.45) is 4.46. The molecule has 294 valence electrons. The van der Waals surface area contributed by atoms with Gasteiger partial charge in [0.05, 0.1) is 9.52 Å². The molecule has 1 aliphatic rings. The van der Waals surface area contributed by atoms with Crippen LogP contribution in [0.4, 0.5) is 0 Å². The molecular weight excluding hydrogens is 839 g/mol. The Morgan fingerprint density at radius 3 is 1.45 bits per heavy atom. The van der Waals surface area contributed by atoms with Crippen molar-refractivity contribution in [1.82, 2.24) is 0 Å². The fourth-order valence-electron chi connectivity index (χ4n) is 8.15. The Bertz CT molecular complexity index is 2360. The van der Waals surface area contributed by atoms with Gasteiger partial charge in [0.1, 0.15) is 0 Å². The van der Waals surface area contributed by atoms with Crippen LogP contribution < -0.4 is 10.4 Å². The van der Waals surface area contributed by atoms with Gasteiger partial charge in [0.15, 0.2) is 0 Å². The number of halogens is 2. The van der Waals surface area contributed by atoms with E-state index in [1.54, 1.807) is 0 Å². The predicted molar refractivity (Wildman–Crippen MR) is 253 cm³/mol. The van der Waals surface area contributed by atoms with Crippen LogP contribution in [0.25, 0.3) is 54.9 Å². The van der Waals surface area contributed by atoms with E-state index in [-0.39, 0.29) is 0 Å². The Morgan fingerprint density at radius 1 is 0.534 bits per heavy atom. The molecule has 1 aliphatic heterocycles. The third-order valence-corrected chi connectivity index (χ3v) is 12.0. The monoisotopic (exact) mass is 889 g/mol. The molecule has 8 aromatic carbocycles. The number of hydrogen-bond acceptors (Lipinski definition) is 0. The second kappa shape index (κ2) is 21.5. The van der Waals surface area contributed by atoms with Crippen LogP contribution in [-0.2, 0) is 46.5 Å². The molecule has 2 radical (unpaired) electrons. The summed E-state index contributed by atoms with van der Waals surface area (Å²) in [6.45, 7) is 13.6. The van der Waals surface area contributed by atoms with Gasteiger partial charge in [0.25, 0.3) is 0 Å². The van der Waals surface area contributed by atoms with Gasteiger partial charge in [-0.15, -0.1) is 74.6 Å². The third kappa shape index (κ3) is 10.9. The molecule has 0 nitrogen and oxygen atoms in total. The Balaban J connectivity index is 0.000000145. The first-order valence-electron chi connectivity index (χ1n) is 20.6. The first kappa shape index (κ1) is 43.8. The van der Waals surface area contributed by atoms with Crippen LogP contribution >= 0.6 is 17.0 Å². The van der Waals surface area contributed by atoms with E-state index >= 15 is 0 Å². The van der Waals surface area contributed by atoms with Crippen molar-refractivity contribution < 1.29 is 20.8 Å². The zero-order valence-electron chi connectivity index (χ0n) is 34.7. The van der Waals surface area contributed by atoms with Crippen molar-refractivity contribution >= 4 is 58.5 Å². The number of rotatable bonds is 8. The van der Waals surface area contributed by atoms with E-state index in [0.29, 0.717) is 11.8 Å². The van der Waals surface area contributed by atoms with Gasteiger partial charge in [-0.2, -0.15) is 41.6 Å². The fraction of sp³-hybridized carbons (Fsp3) is 0.222. The molecule has 0 saturated heterocycles. The number of hydrogen-bond donors (Lipinski definition) is 0. The molecule has 58 heavy (non-hydrogen) atoms. The molecule has 0 fully saturated rings. The molecule has 0 saturated carbocycles. The molecule has 0 aromatic heterocycles. The van der Waals surface area contributed by atoms with E-state index < -0.39 is 20.8 Å². The van der Waals surface area contributed by atoms with Crippen molar-refractivity contribution in [3.05, 3.63) is 180 Å². The minimum absolute atomic E-state index is 0.702. The normalized spacial score (nSPS) is 11.3. The summed E-state index contributed by atoms with van der Waals surface area (Å²) in [4.78, 5) is 0. The van der Waals surface area contributed by atoms with Crippen molar-refractivity contribution in [2.45, 2.75) is 67.2 Å². The van der Waals surface area contributed by atoms with Crippen LogP contribution in [-0.4, -0.2) is 9.52 Å². The van der Waals surface area contributed by atoms with E-state index in [1.165, 1.54) is 87.6 Å². The average Bonchev–Trinajstić information content (AvgIpc) is 3.95. The van der Waals surface area contributed by atoms with Gasteiger partial charge in [-0.1, -0.05) is 148 Å². The molecular formula is C54H53Cl2SiZr-3. The molecule has 4 heteroatoms. The number of fused-ring (bicyclic) bond motifs is 5. The molecule has 0 amide bonds. The van der Waals surface area contributed by atoms with E-state index in [2.05, 4.69) is 193 Å². The topological polar surface area (TPSA) is 0 Å². The van der Waals surface area contributed by atoms with Gasteiger partial charge in [-0.3, -0.25) is 0 Å². The largest absolute Gasteiger partial charge is 0.184 e. The summed E-state index contributed by atoms with van der Waals surface area (Å²) in [6, 6.07) is 58.6. The SMILES string of the molecule is CCc1ccccc1-c1cccc2[cH-]c(CC(C)C)cc12.CCc1ccccc1-c1cccc2[cH-]c(CC(C)C)cc12.[Cl][Zr][Cl].[c-]1cccc2c1[Si]c1ccccc1-2. The zero-order valence-corrected chi connectivity index (χ0v) is 39.6. The van der Waals surface area contributed by atoms with Crippen LogP contribution in [0.15, 0.2) is 152 Å². The van der Waals surface area contributed by atoms with Gasteiger partial charge in [0, 0.05) is 0 Å². The predicted octanol–water partition coefficient (Wildman–Crippen LogP) is 14.5. The molecule has 0 bridgehead atoms. The van der Waals surface area contributed by atoms with E-state index in [0.717, 1.165) is 35.2 Å².